The second kappa shape index (κ2) is 9.11. The van der Waals surface area contributed by atoms with E-state index < -0.39 is 12.1 Å². The van der Waals surface area contributed by atoms with E-state index in [4.69, 9.17) is 5.84 Å². The molecule has 0 aliphatic carbocycles. The largest absolute Gasteiger partial charge is 0.471 e. The van der Waals surface area contributed by atoms with Gasteiger partial charge in [-0.2, -0.15) is 18.3 Å². The second-order valence-corrected chi connectivity index (χ2v) is 6.20. The molecule has 1 amide bonds. The van der Waals surface area contributed by atoms with E-state index in [0.717, 1.165) is 16.7 Å². The highest BCUT2D eigenvalue weighted by Gasteiger charge is 2.43. The molecule has 1 rings (SSSR count). The fourth-order valence-electron chi connectivity index (χ4n) is 2.79. The minimum absolute atomic E-state index is 0.0714. The minimum Gasteiger partial charge on any atom is -0.335 e. The van der Waals surface area contributed by atoms with Crippen LogP contribution in [0.5, 0.6) is 0 Å². The molecule has 1 unspecified atom stereocenters. The molecule has 1 saturated heterocycles. The summed E-state index contributed by atoms with van der Waals surface area (Å²) in [5.41, 5.74) is 0.654. The Morgan fingerprint density at radius 2 is 2.09 bits per heavy atom. The monoisotopic (exact) mass is 354 g/mol. The predicted molar refractivity (Wildman–Crippen MR) is 83.4 cm³/mol. The first-order chi connectivity index (χ1) is 10.8. The summed E-state index contributed by atoms with van der Waals surface area (Å²) < 4.78 is 37.3. The third-order valence-electron chi connectivity index (χ3n) is 4.01. The lowest BCUT2D eigenvalue weighted by atomic mass is 9.87. The van der Waals surface area contributed by atoms with E-state index in [1.54, 1.807) is 7.05 Å². The Morgan fingerprint density at radius 1 is 1.48 bits per heavy atom. The number of nitrogens with zero attached hydrogens (tertiary/aromatic N) is 2. The van der Waals surface area contributed by atoms with E-state index in [1.165, 1.54) is 0 Å². The molecule has 0 radical (unpaired) electrons. The Bertz CT molecular complexity index is 437. The highest BCUT2D eigenvalue weighted by molar-refractivity contribution is 8.24. The van der Waals surface area contributed by atoms with Gasteiger partial charge in [-0.3, -0.25) is 9.59 Å². The first-order valence-corrected chi connectivity index (χ1v) is 8.11. The number of alkyl halides is 3. The molecule has 0 saturated carbocycles. The van der Waals surface area contributed by atoms with E-state index in [-0.39, 0.29) is 25.0 Å². The van der Waals surface area contributed by atoms with Crippen LogP contribution in [0.15, 0.2) is 5.10 Å². The predicted octanol–water partition coefficient (Wildman–Crippen LogP) is 1.35. The van der Waals surface area contributed by atoms with Crippen LogP contribution in [-0.2, 0) is 9.59 Å². The summed E-state index contributed by atoms with van der Waals surface area (Å²) in [6.45, 7) is 0.199. The fourth-order valence-corrected chi connectivity index (χ4v) is 3.20. The van der Waals surface area contributed by atoms with Gasteiger partial charge in [0.1, 0.15) is 5.04 Å². The van der Waals surface area contributed by atoms with Gasteiger partial charge >= 0.3 is 12.1 Å². The summed E-state index contributed by atoms with van der Waals surface area (Å²) in [4.78, 5) is 22.5. The number of piperidine rings is 1. The molecule has 0 aromatic carbocycles. The van der Waals surface area contributed by atoms with Crippen molar-refractivity contribution in [2.45, 2.75) is 37.9 Å². The summed E-state index contributed by atoms with van der Waals surface area (Å²) in [5, 5.41) is 7.20. The lowest BCUT2D eigenvalue weighted by Gasteiger charge is -2.36. The van der Waals surface area contributed by atoms with Gasteiger partial charge in [-0.1, -0.05) is 0 Å². The number of nitrogens with one attached hydrogen (secondary N) is 1. The summed E-state index contributed by atoms with van der Waals surface area (Å²) in [6, 6.07) is 0.0714. The van der Waals surface area contributed by atoms with Gasteiger partial charge in [0.2, 0.25) is 0 Å². The summed E-state index contributed by atoms with van der Waals surface area (Å²) >= 11 is 0.921. The van der Waals surface area contributed by atoms with Crippen molar-refractivity contribution in [2.24, 2.45) is 16.9 Å². The average molecular weight is 354 g/mol. The van der Waals surface area contributed by atoms with Crippen molar-refractivity contribution in [3.63, 3.8) is 0 Å². The molecule has 0 aromatic heterocycles. The molecule has 1 heterocycles. The number of carbonyl (C=O) groups is 2. The van der Waals surface area contributed by atoms with Crippen molar-refractivity contribution in [3.05, 3.63) is 0 Å². The summed E-state index contributed by atoms with van der Waals surface area (Å²) in [6.07, 6.45) is -2.61. The number of rotatable bonds is 6. The molecule has 3 N–H and O–H groups in total. The molecule has 1 aliphatic rings. The molecular weight excluding hydrogens is 333 g/mol. The average Bonchev–Trinajstić information content (AvgIpc) is 2.53. The Labute approximate surface area is 137 Å². The van der Waals surface area contributed by atoms with Crippen LogP contribution in [0.1, 0.15) is 25.7 Å². The van der Waals surface area contributed by atoms with Crippen LogP contribution in [-0.4, -0.2) is 53.8 Å². The van der Waals surface area contributed by atoms with Crippen molar-refractivity contribution in [2.75, 3.05) is 20.1 Å². The van der Waals surface area contributed by atoms with E-state index >= 15 is 0 Å². The van der Waals surface area contributed by atoms with Gasteiger partial charge in [0.15, 0.2) is 5.62 Å². The lowest BCUT2D eigenvalue weighted by molar-refractivity contribution is -0.186. The number of nitrogens with two attached hydrogens (primary N) is 1. The zero-order chi connectivity index (χ0) is 17.5. The summed E-state index contributed by atoms with van der Waals surface area (Å²) in [5.74, 6) is 3.59. The smallest absolute Gasteiger partial charge is 0.335 e. The number of hydrogen-bond donors (Lipinski definition) is 2. The molecule has 1 atom stereocenters. The normalized spacial score (nSPS) is 18.8. The Balaban J connectivity index is 2.50. The Kier molecular flexibility index (Phi) is 7.83. The highest BCUT2D eigenvalue weighted by Crippen LogP contribution is 2.27. The van der Waals surface area contributed by atoms with E-state index in [9.17, 15) is 22.8 Å². The molecule has 1 fully saturated rings. The number of amides is 1. The first kappa shape index (κ1) is 19.8. The van der Waals surface area contributed by atoms with Crippen LogP contribution in [0.4, 0.5) is 13.2 Å². The van der Waals surface area contributed by atoms with Crippen molar-refractivity contribution in [3.8, 4) is 0 Å². The van der Waals surface area contributed by atoms with Gasteiger partial charge in [0.05, 0.1) is 0 Å². The number of thioether (sulfide) groups is 1. The number of likely N-dealkylation sites (tertiary alicyclic amines) is 1. The van der Waals surface area contributed by atoms with Gasteiger partial charge in [0, 0.05) is 19.1 Å². The number of halogens is 3. The third kappa shape index (κ3) is 6.02. The van der Waals surface area contributed by atoms with Crippen molar-refractivity contribution in [1.82, 2.24) is 10.2 Å². The standard InChI is InChI=1S/C13H21F3N4O2S/c1-18-10(2-3-11(19-17)23-8-21)9-4-6-20(7-5-9)12(22)13(14,15)16/h8-10,18H,2-7,17H2,1H3/b19-11-. The maximum atomic E-state index is 12.4. The lowest BCUT2D eigenvalue weighted by Crippen LogP contribution is -2.48. The Morgan fingerprint density at radius 3 is 2.52 bits per heavy atom. The number of hydrazone groups is 1. The quantitative estimate of drug-likeness (QED) is 0.247. The van der Waals surface area contributed by atoms with Crippen LogP contribution in [0.2, 0.25) is 0 Å². The molecule has 0 bridgehead atoms. The SMILES string of the molecule is CNC(CC/C(=N/N)SC=O)C1CCN(C(=O)C(F)(F)F)CC1. The van der Waals surface area contributed by atoms with Crippen molar-refractivity contribution >= 4 is 28.3 Å². The van der Waals surface area contributed by atoms with Crippen LogP contribution < -0.4 is 11.2 Å². The molecular formula is C13H21F3N4O2S. The van der Waals surface area contributed by atoms with Crippen LogP contribution in [0.25, 0.3) is 0 Å². The maximum Gasteiger partial charge on any atom is 0.471 e. The summed E-state index contributed by atoms with van der Waals surface area (Å²) in [7, 11) is 1.78. The Hall–Kier alpha value is -1.29. The maximum absolute atomic E-state index is 12.4. The molecule has 1 aliphatic heterocycles. The third-order valence-corrected chi connectivity index (χ3v) is 4.68. The number of carbonyl (C=O) groups excluding carboxylic acids is 2. The van der Waals surface area contributed by atoms with Gasteiger partial charge in [-0.05, 0) is 50.4 Å². The van der Waals surface area contributed by atoms with E-state index in [1.807, 2.05) is 0 Å². The van der Waals surface area contributed by atoms with Gasteiger partial charge < -0.3 is 16.1 Å². The molecule has 23 heavy (non-hydrogen) atoms. The first-order valence-electron chi connectivity index (χ1n) is 7.23. The highest BCUT2D eigenvalue weighted by atomic mass is 32.2. The molecule has 132 valence electrons. The molecule has 6 nitrogen and oxygen atoms in total. The molecule has 10 heteroatoms. The topological polar surface area (TPSA) is 87.8 Å². The van der Waals surface area contributed by atoms with Crippen LogP contribution >= 0.6 is 11.8 Å². The second-order valence-electron chi connectivity index (χ2n) is 5.30. The van der Waals surface area contributed by atoms with Gasteiger partial charge in [0.25, 0.3) is 0 Å². The zero-order valence-corrected chi connectivity index (χ0v) is 13.6. The fraction of sp³-hybridized carbons (Fsp3) is 0.769. The minimum atomic E-state index is -4.81. The van der Waals surface area contributed by atoms with Crippen molar-refractivity contribution < 1.29 is 22.8 Å². The van der Waals surface area contributed by atoms with Crippen molar-refractivity contribution in [1.29, 1.82) is 0 Å². The number of hydrogen-bond acceptors (Lipinski definition) is 6. The van der Waals surface area contributed by atoms with Crippen LogP contribution in [0, 0.1) is 5.92 Å². The van der Waals surface area contributed by atoms with Gasteiger partial charge in [-0.25, -0.2) is 0 Å². The molecule has 0 spiro atoms. The van der Waals surface area contributed by atoms with Crippen LogP contribution in [0.3, 0.4) is 0 Å². The van der Waals surface area contributed by atoms with E-state index in [0.29, 0.717) is 36.3 Å². The zero-order valence-electron chi connectivity index (χ0n) is 12.8. The van der Waals surface area contributed by atoms with Gasteiger partial charge in [-0.15, -0.1) is 0 Å². The molecule has 0 aromatic rings. The van der Waals surface area contributed by atoms with E-state index in [2.05, 4.69) is 10.4 Å².